The first-order valence-electron chi connectivity index (χ1n) is 6.70. The molecule has 0 aliphatic rings. The first kappa shape index (κ1) is 15.9. The Balaban J connectivity index is 1.78. The van der Waals surface area contributed by atoms with Crippen molar-refractivity contribution in [1.82, 2.24) is 10.6 Å². The van der Waals surface area contributed by atoms with Crippen molar-refractivity contribution in [3.8, 4) is 0 Å². The normalized spacial score (nSPS) is 10.4. The van der Waals surface area contributed by atoms with E-state index in [1.54, 1.807) is 18.2 Å². The number of thiocarbonyl (C=S) groups is 1. The number of carbonyl (C=O) groups is 1. The molecule has 2 aromatic carbocycles. The van der Waals surface area contributed by atoms with Crippen LogP contribution in [0.3, 0.4) is 0 Å². The molecule has 0 radical (unpaired) electrons. The number of nitrogens with one attached hydrogen (secondary N) is 2. The zero-order valence-electron chi connectivity index (χ0n) is 11.8. The van der Waals surface area contributed by atoms with E-state index in [9.17, 15) is 9.18 Å². The van der Waals surface area contributed by atoms with Crippen LogP contribution in [0.5, 0.6) is 0 Å². The molecule has 0 bridgehead atoms. The standard InChI is InChI=1S/C17H15FN2OS/c18-15-9-6-13(7-10-15)8-11-16(21)20-17(22)19-12-14-4-2-1-3-5-14/h1-11H,12H2,(H2,19,20,21,22). The van der Waals surface area contributed by atoms with Crippen molar-refractivity contribution < 1.29 is 9.18 Å². The molecule has 22 heavy (non-hydrogen) atoms. The van der Waals surface area contributed by atoms with E-state index in [1.807, 2.05) is 30.3 Å². The highest BCUT2D eigenvalue weighted by Gasteiger charge is 2.00. The number of benzene rings is 2. The molecule has 0 aliphatic carbocycles. The van der Waals surface area contributed by atoms with Gasteiger partial charge in [-0.15, -0.1) is 0 Å². The second-order valence-electron chi connectivity index (χ2n) is 4.54. The van der Waals surface area contributed by atoms with Crippen molar-refractivity contribution in [2.45, 2.75) is 6.54 Å². The molecule has 2 N–H and O–H groups in total. The Morgan fingerprint density at radius 3 is 2.45 bits per heavy atom. The third-order valence-corrected chi connectivity index (χ3v) is 3.08. The summed E-state index contributed by atoms with van der Waals surface area (Å²) in [5.74, 6) is -0.650. The second-order valence-corrected chi connectivity index (χ2v) is 4.95. The highest BCUT2D eigenvalue weighted by Crippen LogP contribution is 2.04. The van der Waals surface area contributed by atoms with E-state index in [0.717, 1.165) is 11.1 Å². The lowest BCUT2D eigenvalue weighted by Crippen LogP contribution is -2.37. The third kappa shape index (κ3) is 5.46. The molecular weight excluding hydrogens is 299 g/mol. The van der Waals surface area contributed by atoms with E-state index in [4.69, 9.17) is 12.2 Å². The highest BCUT2D eigenvalue weighted by molar-refractivity contribution is 7.80. The molecule has 2 rings (SSSR count). The van der Waals surface area contributed by atoms with Gasteiger partial charge in [-0.25, -0.2) is 4.39 Å². The van der Waals surface area contributed by atoms with Gasteiger partial charge in [0.2, 0.25) is 5.91 Å². The average Bonchev–Trinajstić information content (AvgIpc) is 2.53. The molecule has 0 atom stereocenters. The third-order valence-electron chi connectivity index (χ3n) is 2.83. The Morgan fingerprint density at radius 1 is 1.09 bits per heavy atom. The van der Waals surface area contributed by atoms with E-state index in [1.165, 1.54) is 18.2 Å². The van der Waals surface area contributed by atoms with Crippen molar-refractivity contribution in [3.05, 3.63) is 77.6 Å². The number of carbonyl (C=O) groups excluding carboxylic acids is 1. The Hall–Kier alpha value is -2.53. The zero-order valence-corrected chi connectivity index (χ0v) is 12.6. The molecule has 0 fully saturated rings. The van der Waals surface area contributed by atoms with Gasteiger partial charge in [0.1, 0.15) is 5.82 Å². The van der Waals surface area contributed by atoms with Crippen molar-refractivity contribution in [1.29, 1.82) is 0 Å². The smallest absolute Gasteiger partial charge is 0.250 e. The van der Waals surface area contributed by atoms with Crippen molar-refractivity contribution in [3.63, 3.8) is 0 Å². The molecule has 0 aromatic heterocycles. The minimum Gasteiger partial charge on any atom is -0.358 e. The van der Waals surface area contributed by atoms with E-state index >= 15 is 0 Å². The molecule has 0 saturated heterocycles. The molecule has 0 unspecified atom stereocenters. The van der Waals surface area contributed by atoms with Crippen LogP contribution >= 0.6 is 12.2 Å². The predicted octanol–water partition coefficient (Wildman–Crippen LogP) is 3.03. The number of amides is 1. The number of hydrogen-bond acceptors (Lipinski definition) is 2. The van der Waals surface area contributed by atoms with Crippen LogP contribution in [0.2, 0.25) is 0 Å². The van der Waals surface area contributed by atoms with Gasteiger partial charge in [-0.2, -0.15) is 0 Å². The van der Waals surface area contributed by atoms with Crippen LogP contribution in [0.4, 0.5) is 4.39 Å². The van der Waals surface area contributed by atoms with Gasteiger partial charge in [-0.3, -0.25) is 10.1 Å². The maximum atomic E-state index is 12.8. The number of halogens is 1. The Labute approximate surface area is 133 Å². The first-order valence-corrected chi connectivity index (χ1v) is 7.11. The molecule has 112 valence electrons. The van der Waals surface area contributed by atoms with Crippen molar-refractivity contribution in [2.75, 3.05) is 0 Å². The molecule has 3 nitrogen and oxygen atoms in total. The summed E-state index contributed by atoms with van der Waals surface area (Å²) in [5.41, 5.74) is 1.81. The fourth-order valence-electron chi connectivity index (χ4n) is 1.72. The van der Waals surface area contributed by atoms with Crippen LogP contribution in [0.1, 0.15) is 11.1 Å². The molecule has 5 heteroatoms. The molecule has 0 spiro atoms. The minimum absolute atomic E-state index is 0.262. The van der Waals surface area contributed by atoms with Gasteiger partial charge >= 0.3 is 0 Å². The van der Waals surface area contributed by atoms with Gasteiger partial charge in [-0.1, -0.05) is 42.5 Å². The predicted molar refractivity (Wildman–Crippen MR) is 89.5 cm³/mol. The average molecular weight is 314 g/mol. The molecule has 2 aromatic rings. The molecular formula is C17H15FN2OS. The second kappa shape index (κ2) is 8.05. The van der Waals surface area contributed by atoms with Crippen LogP contribution in [0, 0.1) is 5.82 Å². The van der Waals surface area contributed by atoms with Crippen molar-refractivity contribution in [2.24, 2.45) is 0 Å². The molecule has 0 aliphatic heterocycles. The fourth-order valence-corrected chi connectivity index (χ4v) is 1.89. The van der Waals surface area contributed by atoms with E-state index in [2.05, 4.69) is 10.6 Å². The van der Waals surface area contributed by atoms with Crippen LogP contribution < -0.4 is 10.6 Å². The van der Waals surface area contributed by atoms with Crippen LogP contribution in [-0.4, -0.2) is 11.0 Å². The Kier molecular flexibility index (Phi) is 5.80. The van der Waals surface area contributed by atoms with Gasteiger partial charge in [-0.05, 0) is 41.6 Å². The fraction of sp³-hybridized carbons (Fsp3) is 0.0588. The summed E-state index contributed by atoms with van der Waals surface area (Å²) in [6.07, 6.45) is 2.94. The topological polar surface area (TPSA) is 41.1 Å². The Morgan fingerprint density at radius 2 is 1.77 bits per heavy atom. The lowest BCUT2D eigenvalue weighted by atomic mass is 10.2. The van der Waals surface area contributed by atoms with E-state index in [-0.39, 0.29) is 16.8 Å². The van der Waals surface area contributed by atoms with Gasteiger partial charge in [0.05, 0.1) is 0 Å². The largest absolute Gasteiger partial charge is 0.358 e. The summed E-state index contributed by atoms with van der Waals surface area (Å²) in [7, 11) is 0. The maximum absolute atomic E-state index is 12.8. The molecule has 0 saturated carbocycles. The monoisotopic (exact) mass is 314 g/mol. The molecule has 1 amide bonds. The lowest BCUT2D eigenvalue weighted by molar-refractivity contribution is -0.115. The first-order chi connectivity index (χ1) is 10.6. The van der Waals surface area contributed by atoms with Crippen LogP contribution in [0.15, 0.2) is 60.7 Å². The number of hydrogen-bond donors (Lipinski definition) is 2. The summed E-state index contributed by atoms with van der Waals surface area (Å²) in [6.45, 7) is 0.543. The summed E-state index contributed by atoms with van der Waals surface area (Å²) in [5, 5.41) is 5.77. The van der Waals surface area contributed by atoms with E-state index in [0.29, 0.717) is 6.54 Å². The summed E-state index contributed by atoms with van der Waals surface area (Å²) < 4.78 is 12.8. The quantitative estimate of drug-likeness (QED) is 0.673. The van der Waals surface area contributed by atoms with Crippen molar-refractivity contribution >= 4 is 29.3 Å². The van der Waals surface area contributed by atoms with Gasteiger partial charge < -0.3 is 5.32 Å². The van der Waals surface area contributed by atoms with Crippen LogP contribution in [0.25, 0.3) is 6.08 Å². The van der Waals surface area contributed by atoms with Gasteiger partial charge in [0.25, 0.3) is 0 Å². The summed E-state index contributed by atoms with van der Waals surface area (Å²) >= 11 is 5.05. The lowest BCUT2D eigenvalue weighted by Gasteiger charge is -2.07. The zero-order chi connectivity index (χ0) is 15.8. The van der Waals surface area contributed by atoms with Crippen LogP contribution in [-0.2, 0) is 11.3 Å². The van der Waals surface area contributed by atoms with Gasteiger partial charge in [0.15, 0.2) is 5.11 Å². The summed E-state index contributed by atoms with van der Waals surface area (Å²) in [6, 6.07) is 15.6. The minimum atomic E-state index is -0.338. The van der Waals surface area contributed by atoms with E-state index < -0.39 is 0 Å². The maximum Gasteiger partial charge on any atom is 0.250 e. The highest BCUT2D eigenvalue weighted by atomic mass is 32.1. The van der Waals surface area contributed by atoms with Gasteiger partial charge in [0, 0.05) is 12.6 Å². The summed E-state index contributed by atoms with van der Waals surface area (Å²) in [4.78, 5) is 11.7. The number of rotatable bonds is 4. The Bertz CT molecular complexity index is 669. The SMILES string of the molecule is O=C(C=Cc1ccc(F)cc1)NC(=S)NCc1ccccc1. The molecule has 0 heterocycles.